The maximum atomic E-state index is 12.4. The SMILES string of the molecule is COc1cccc(C(=O)Nc2ccc(-c3cccc(C(=O)O)c3)c(C)c2)c1. The third kappa shape index (κ3) is 4.15. The zero-order valence-electron chi connectivity index (χ0n) is 15.0. The Kier molecular flexibility index (Phi) is 5.22. The molecule has 0 spiro atoms. The molecule has 1 amide bonds. The standard InChI is InChI=1S/C22H19NO4/c1-14-11-18(23-21(24)16-6-4-8-19(13-16)27-2)9-10-20(14)15-5-3-7-17(12-15)22(25)26/h3-13H,1-2H3,(H,23,24)(H,25,26). The van der Waals surface area contributed by atoms with Crippen LogP contribution in [0.2, 0.25) is 0 Å². The highest BCUT2D eigenvalue weighted by molar-refractivity contribution is 6.04. The van der Waals surface area contributed by atoms with Crippen molar-refractivity contribution in [2.45, 2.75) is 6.92 Å². The van der Waals surface area contributed by atoms with Crippen LogP contribution in [-0.4, -0.2) is 24.1 Å². The van der Waals surface area contributed by atoms with E-state index in [2.05, 4.69) is 5.32 Å². The van der Waals surface area contributed by atoms with Crippen molar-refractivity contribution in [2.24, 2.45) is 0 Å². The molecule has 0 radical (unpaired) electrons. The number of ether oxygens (including phenoxy) is 1. The summed E-state index contributed by atoms with van der Waals surface area (Å²) in [6, 6.07) is 19.2. The van der Waals surface area contributed by atoms with E-state index in [4.69, 9.17) is 9.84 Å². The highest BCUT2D eigenvalue weighted by atomic mass is 16.5. The van der Waals surface area contributed by atoms with Crippen LogP contribution in [0, 0.1) is 6.92 Å². The molecule has 136 valence electrons. The summed E-state index contributed by atoms with van der Waals surface area (Å²) in [5, 5.41) is 12.0. The molecule has 0 saturated carbocycles. The number of anilines is 1. The molecule has 0 unspecified atom stereocenters. The lowest BCUT2D eigenvalue weighted by Crippen LogP contribution is -2.12. The number of hydrogen-bond donors (Lipinski definition) is 2. The Labute approximate surface area is 157 Å². The number of carboxylic acid groups (broad SMARTS) is 1. The van der Waals surface area contributed by atoms with Crippen molar-refractivity contribution in [1.82, 2.24) is 0 Å². The summed E-state index contributed by atoms with van der Waals surface area (Å²) in [6.07, 6.45) is 0. The van der Waals surface area contributed by atoms with Crippen LogP contribution in [-0.2, 0) is 0 Å². The number of nitrogens with one attached hydrogen (secondary N) is 1. The fraction of sp³-hybridized carbons (Fsp3) is 0.0909. The van der Waals surface area contributed by atoms with Crippen molar-refractivity contribution in [3.8, 4) is 16.9 Å². The molecule has 0 aliphatic carbocycles. The summed E-state index contributed by atoms with van der Waals surface area (Å²) in [5.74, 6) is -0.571. The number of aromatic carboxylic acids is 1. The van der Waals surface area contributed by atoms with E-state index in [9.17, 15) is 9.59 Å². The molecule has 0 aromatic heterocycles. The van der Waals surface area contributed by atoms with E-state index in [0.717, 1.165) is 16.7 Å². The smallest absolute Gasteiger partial charge is 0.335 e. The minimum absolute atomic E-state index is 0.228. The topological polar surface area (TPSA) is 75.6 Å². The molecule has 0 fully saturated rings. The van der Waals surface area contributed by atoms with E-state index >= 15 is 0 Å². The van der Waals surface area contributed by atoms with E-state index in [1.165, 1.54) is 0 Å². The molecule has 3 aromatic rings. The van der Waals surface area contributed by atoms with Gasteiger partial charge in [0, 0.05) is 11.3 Å². The van der Waals surface area contributed by atoms with Gasteiger partial charge in [0.15, 0.2) is 0 Å². The summed E-state index contributed by atoms with van der Waals surface area (Å²) in [6.45, 7) is 1.92. The van der Waals surface area contributed by atoms with Gasteiger partial charge in [-0.3, -0.25) is 4.79 Å². The van der Waals surface area contributed by atoms with E-state index in [-0.39, 0.29) is 11.5 Å². The molecule has 3 aromatic carbocycles. The molecule has 3 rings (SSSR count). The number of carboxylic acids is 1. The second kappa shape index (κ2) is 7.74. The number of benzene rings is 3. The van der Waals surface area contributed by atoms with Crippen LogP contribution in [0.1, 0.15) is 26.3 Å². The lowest BCUT2D eigenvalue weighted by atomic mass is 9.98. The van der Waals surface area contributed by atoms with E-state index in [1.54, 1.807) is 55.6 Å². The molecule has 0 heterocycles. The largest absolute Gasteiger partial charge is 0.497 e. The molecule has 27 heavy (non-hydrogen) atoms. The van der Waals surface area contributed by atoms with Crippen molar-refractivity contribution in [3.63, 3.8) is 0 Å². The molecule has 5 heteroatoms. The second-order valence-electron chi connectivity index (χ2n) is 6.10. The molecule has 0 saturated heterocycles. The molecule has 5 nitrogen and oxygen atoms in total. The summed E-state index contributed by atoms with van der Waals surface area (Å²) in [4.78, 5) is 23.6. The van der Waals surface area contributed by atoms with Crippen molar-refractivity contribution < 1.29 is 19.4 Å². The second-order valence-corrected chi connectivity index (χ2v) is 6.10. The van der Waals surface area contributed by atoms with Crippen molar-refractivity contribution in [3.05, 3.63) is 83.4 Å². The predicted molar refractivity (Wildman–Crippen MR) is 105 cm³/mol. The minimum Gasteiger partial charge on any atom is -0.497 e. The molecule has 0 bridgehead atoms. The molecule has 0 atom stereocenters. The zero-order valence-corrected chi connectivity index (χ0v) is 15.0. The fourth-order valence-corrected chi connectivity index (χ4v) is 2.85. The van der Waals surface area contributed by atoms with Crippen LogP contribution in [0.25, 0.3) is 11.1 Å². The fourth-order valence-electron chi connectivity index (χ4n) is 2.85. The maximum Gasteiger partial charge on any atom is 0.335 e. The average molecular weight is 361 g/mol. The van der Waals surface area contributed by atoms with Crippen LogP contribution in [0.5, 0.6) is 5.75 Å². The van der Waals surface area contributed by atoms with Gasteiger partial charge in [0.05, 0.1) is 12.7 Å². The molecule has 0 aliphatic heterocycles. The lowest BCUT2D eigenvalue weighted by Gasteiger charge is -2.11. The van der Waals surface area contributed by atoms with Gasteiger partial charge in [-0.25, -0.2) is 4.79 Å². The molecule has 2 N–H and O–H groups in total. The minimum atomic E-state index is -0.961. The zero-order chi connectivity index (χ0) is 19.4. The normalized spacial score (nSPS) is 10.3. The average Bonchev–Trinajstić information content (AvgIpc) is 2.68. The van der Waals surface area contributed by atoms with Gasteiger partial charge in [-0.2, -0.15) is 0 Å². The summed E-state index contributed by atoms with van der Waals surface area (Å²) in [7, 11) is 1.55. The third-order valence-electron chi connectivity index (χ3n) is 4.24. The maximum absolute atomic E-state index is 12.4. The highest BCUT2D eigenvalue weighted by Crippen LogP contribution is 2.27. The van der Waals surface area contributed by atoms with Gasteiger partial charge in [-0.05, 0) is 66.1 Å². The molecule has 0 aliphatic rings. The number of rotatable bonds is 5. The number of carbonyl (C=O) groups is 2. The molecular formula is C22H19NO4. The molecular weight excluding hydrogens is 342 g/mol. The summed E-state index contributed by atoms with van der Waals surface area (Å²) in [5.41, 5.74) is 4.07. The Hall–Kier alpha value is -3.60. The number of amides is 1. The van der Waals surface area contributed by atoms with Crippen molar-refractivity contribution in [1.29, 1.82) is 0 Å². The van der Waals surface area contributed by atoms with Crippen LogP contribution < -0.4 is 10.1 Å². The Bertz CT molecular complexity index is 1010. The number of methoxy groups -OCH3 is 1. The van der Waals surface area contributed by atoms with Gasteiger partial charge in [-0.1, -0.05) is 24.3 Å². The van der Waals surface area contributed by atoms with Gasteiger partial charge in [0.25, 0.3) is 5.91 Å². The van der Waals surface area contributed by atoms with Crippen LogP contribution in [0.3, 0.4) is 0 Å². The van der Waals surface area contributed by atoms with Crippen molar-refractivity contribution in [2.75, 3.05) is 12.4 Å². The first-order valence-corrected chi connectivity index (χ1v) is 8.37. The van der Waals surface area contributed by atoms with Gasteiger partial charge in [-0.15, -0.1) is 0 Å². The predicted octanol–water partition coefficient (Wildman–Crippen LogP) is 4.62. The van der Waals surface area contributed by atoms with E-state index in [1.807, 2.05) is 25.1 Å². The Morgan fingerprint density at radius 3 is 2.37 bits per heavy atom. The summed E-state index contributed by atoms with van der Waals surface area (Å²) >= 11 is 0. The van der Waals surface area contributed by atoms with Gasteiger partial charge in [0.1, 0.15) is 5.75 Å². The monoisotopic (exact) mass is 361 g/mol. The third-order valence-corrected chi connectivity index (χ3v) is 4.24. The van der Waals surface area contributed by atoms with Gasteiger partial charge >= 0.3 is 5.97 Å². The van der Waals surface area contributed by atoms with Gasteiger partial charge < -0.3 is 15.2 Å². The Morgan fingerprint density at radius 1 is 0.926 bits per heavy atom. The van der Waals surface area contributed by atoms with Gasteiger partial charge in [0.2, 0.25) is 0 Å². The first kappa shape index (κ1) is 18.2. The van der Waals surface area contributed by atoms with Crippen LogP contribution >= 0.6 is 0 Å². The lowest BCUT2D eigenvalue weighted by molar-refractivity contribution is 0.0696. The first-order chi connectivity index (χ1) is 13.0. The number of aryl methyl sites for hydroxylation is 1. The Balaban J connectivity index is 1.83. The van der Waals surface area contributed by atoms with Crippen molar-refractivity contribution >= 4 is 17.6 Å². The first-order valence-electron chi connectivity index (χ1n) is 8.37. The highest BCUT2D eigenvalue weighted by Gasteiger charge is 2.10. The summed E-state index contributed by atoms with van der Waals surface area (Å²) < 4.78 is 5.14. The van der Waals surface area contributed by atoms with E-state index in [0.29, 0.717) is 17.0 Å². The van der Waals surface area contributed by atoms with Crippen LogP contribution in [0.15, 0.2) is 66.7 Å². The number of hydrogen-bond acceptors (Lipinski definition) is 3. The Morgan fingerprint density at radius 2 is 1.67 bits per heavy atom. The van der Waals surface area contributed by atoms with E-state index < -0.39 is 5.97 Å². The number of carbonyl (C=O) groups excluding carboxylic acids is 1. The quantitative estimate of drug-likeness (QED) is 0.695. The van der Waals surface area contributed by atoms with Crippen LogP contribution in [0.4, 0.5) is 5.69 Å².